The second-order valence-electron chi connectivity index (χ2n) is 6.51. The molecule has 0 saturated heterocycles. The van der Waals surface area contributed by atoms with Crippen LogP contribution < -0.4 is 14.8 Å². The van der Waals surface area contributed by atoms with Crippen molar-refractivity contribution in [3.63, 3.8) is 0 Å². The highest BCUT2D eigenvalue weighted by molar-refractivity contribution is 5.97. The molecular formula is C21H22N4O4. The minimum atomic E-state index is -0.0728. The molecule has 4 rings (SSSR count). The first-order chi connectivity index (χ1) is 14.2. The fourth-order valence-corrected chi connectivity index (χ4v) is 3.27. The van der Waals surface area contributed by atoms with Crippen LogP contribution in [-0.4, -0.2) is 52.3 Å². The molecule has 0 atom stereocenters. The van der Waals surface area contributed by atoms with E-state index in [0.717, 1.165) is 23.4 Å². The third-order valence-corrected chi connectivity index (χ3v) is 4.59. The summed E-state index contributed by atoms with van der Waals surface area (Å²) >= 11 is 0. The van der Waals surface area contributed by atoms with E-state index in [-0.39, 0.29) is 19.1 Å². The molecular weight excluding hydrogens is 372 g/mol. The molecule has 3 heterocycles. The molecule has 150 valence electrons. The number of H-pyrrole nitrogens is 1. The van der Waals surface area contributed by atoms with E-state index in [1.54, 1.807) is 18.3 Å². The number of ether oxygens (including phenoxy) is 2. The summed E-state index contributed by atoms with van der Waals surface area (Å²) in [5, 5.41) is 11.8. The van der Waals surface area contributed by atoms with E-state index in [2.05, 4.69) is 20.3 Å². The molecule has 0 spiro atoms. The van der Waals surface area contributed by atoms with Crippen molar-refractivity contribution in [2.24, 2.45) is 0 Å². The number of aliphatic hydroxyl groups is 1. The Morgan fingerprint density at radius 3 is 2.86 bits per heavy atom. The molecule has 0 aliphatic carbocycles. The zero-order valence-corrected chi connectivity index (χ0v) is 16.1. The first-order valence-corrected chi connectivity index (χ1v) is 9.54. The summed E-state index contributed by atoms with van der Waals surface area (Å²) in [6, 6.07) is 9.09. The van der Waals surface area contributed by atoms with Crippen molar-refractivity contribution in [1.29, 1.82) is 0 Å². The minimum Gasteiger partial charge on any atom is -0.490 e. The van der Waals surface area contributed by atoms with Crippen LogP contribution in [0.3, 0.4) is 0 Å². The van der Waals surface area contributed by atoms with Crippen LogP contribution in [0.2, 0.25) is 0 Å². The molecule has 1 aromatic carbocycles. The number of hydrogen-bond donors (Lipinski definition) is 3. The number of nitrogens with one attached hydrogen (secondary N) is 2. The predicted molar refractivity (Wildman–Crippen MR) is 107 cm³/mol. The first kappa shape index (κ1) is 18.9. The second kappa shape index (κ2) is 8.32. The Bertz CT molecular complexity index is 1030. The molecule has 0 unspecified atom stereocenters. The van der Waals surface area contributed by atoms with Gasteiger partial charge in [-0.2, -0.15) is 0 Å². The van der Waals surface area contributed by atoms with Gasteiger partial charge in [0.25, 0.3) is 5.91 Å². The number of carbonyl (C=O) groups excluding carboxylic acids is 1. The summed E-state index contributed by atoms with van der Waals surface area (Å²) in [4.78, 5) is 24.4. The minimum absolute atomic E-state index is 0.0668. The predicted octanol–water partition coefficient (Wildman–Crippen LogP) is 2.19. The van der Waals surface area contributed by atoms with Gasteiger partial charge in [0.05, 0.1) is 30.2 Å². The lowest BCUT2D eigenvalue weighted by Gasteiger charge is -2.12. The van der Waals surface area contributed by atoms with Crippen LogP contribution in [0.1, 0.15) is 23.0 Å². The summed E-state index contributed by atoms with van der Waals surface area (Å²) < 4.78 is 11.2. The van der Waals surface area contributed by atoms with Gasteiger partial charge in [-0.25, -0.2) is 9.97 Å². The van der Waals surface area contributed by atoms with Gasteiger partial charge in [0.2, 0.25) is 0 Å². The summed E-state index contributed by atoms with van der Waals surface area (Å²) in [5.41, 5.74) is 3.85. The number of aliphatic hydroxyl groups excluding tert-OH is 1. The number of fused-ring (bicyclic) bond motifs is 1. The van der Waals surface area contributed by atoms with Crippen molar-refractivity contribution < 1.29 is 19.4 Å². The Balaban J connectivity index is 1.67. The summed E-state index contributed by atoms with van der Waals surface area (Å²) in [6.07, 6.45) is 2.46. The molecule has 2 aromatic heterocycles. The summed E-state index contributed by atoms with van der Waals surface area (Å²) in [7, 11) is 0. The lowest BCUT2D eigenvalue weighted by molar-refractivity contribution is 0.0946. The Hall–Kier alpha value is -3.39. The van der Waals surface area contributed by atoms with Gasteiger partial charge in [0.15, 0.2) is 17.3 Å². The van der Waals surface area contributed by atoms with Gasteiger partial charge in [-0.1, -0.05) is 0 Å². The molecule has 1 aliphatic heterocycles. The van der Waals surface area contributed by atoms with Gasteiger partial charge in [-0.05, 0) is 37.3 Å². The zero-order chi connectivity index (χ0) is 20.2. The number of hydrogen-bond acceptors (Lipinski definition) is 6. The maximum atomic E-state index is 12.0. The number of aromatic amines is 1. The van der Waals surface area contributed by atoms with Crippen LogP contribution in [0.25, 0.3) is 22.8 Å². The Kier molecular flexibility index (Phi) is 5.44. The molecule has 3 aromatic rings. The van der Waals surface area contributed by atoms with E-state index in [1.165, 1.54) is 0 Å². The molecule has 0 bridgehead atoms. The average Bonchev–Trinajstić information content (AvgIpc) is 3.19. The highest BCUT2D eigenvalue weighted by Gasteiger charge is 2.20. The molecule has 3 N–H and O–H groups in total. The first-order valence-electron chi connectivity index (χ1n) is 9.54. The smallest absolute Gasteiger partial charge is 0.253 e. The topological polar surface area (TPSA) is 109 Å². The average molecular weight is 394 g/mol. The van der Waals surface area contributed by atoms with E-state index in [4.69, 9.17) is 14.6 Å². The van der Waals surface area contributed by atoms with E-state index < -0.39 is 0 Å². The van der Waals surface area contributed by atoms with Gasteiger partial charge < -0.3 is 24.9 Å². The quantitative estimate of drug-likeness (QED) is 0.567. The summed E-state index contributed by atoms with van der Waals surface area (Å²) in [6.45, 7) is 3.12. The SMILES string of the molecule is CCOc1cc(-c2nccc(-c3cc4c([nH]3)CCNC4=O)n2)ccc1OCCO. The largest absolute Gasteiger partial charge is 0.490 e. The van der Waals surface area contributed by atoms with Crippen LogP contribution in [0.4, 0.5) is 0 Å². The van der Waals surface area contributed by atoms with Crippen LogP contribution in [-0.2, 0) is 6.42 Å². The number of amides is 1. The van der Waals surface area contributed by atoms with E-state index in [1.807, 2.05) is 25.1 Å². The second-order valence-corrected chi connectivity index (χ2v) is 6.51. The molecule has 0 fully saturated rings. The molecule has 29 heavy (non-hydrogen) atoms. The van der Waals surface area contributed by atoms with Crippen LogP contribution in [0.5, 0.6) is 11.5 Å². The fourth-order valence-electron chi connectivity index (χ4n) is 3.27. The normalized spacial score (nSPS) is 13.0. The van der Waals surface area contributed by atoms with Crippen LogP contribution in [0.15, 0.2) is 36.5 Å². The summed E-state index contributed by atoms with van der Waals surface area (Å²) in [5.74, 6) is 1.60. The maximum absolute atomic E-state index is 12.0. The van der Waals surface area contributed by atoms with Gasteiger partial charge in [0.1, 0.15) is 6.61 Å². The number of rotatable bonds is 7. The lowest BCUT2D eigenvalue weighted by atomic mass is 10.1. The van der Waals surface area contributed by atoms with Crippen molar-refractivity contribution in [2.45, 2.75) is 13.3 Å². The number of carbonyl (C=O) groups is 1. The third-order valence-electron chi connectivity index (χ3n) is 4.59. The maximum Gasteiger partial charge on any atom is 0.253 e. The van der Waals surface area contributed by atoms with Gasteiger partial charge in [-0.3, -0.25) is 4.79 Å². The standard InChI is InChI=1S/C21H22N4O4/c1-2-28-19-11-13(3-4-18(19)29-10-9-26)20-22-7-6-16(25-20)17-12-14-15(24-17)5-8-23-21(14)27/h3-4,6-7,11-12,24,26H,2,5,8-10H2,1H3,(H,23,27). The molecule has 8 nitrogen and oxygen atoms in total. The van der Waals surface area contributed by atoms with Crippen molar-refractivity contribution in [3.05, 3.63) is 47.8 Å². The number of aromatic nitrogens is 3. The van der Waals surface area contributed by atoms with Gasteiger partial charge >= 0.3 is 0 Å². The van der Waals surface area contributed by atoms with Crippen molar-refractivity contribution in [3.8, 4) is 34.3 Å². The Labute approximate surface area is 167 Å². The van der Waals surface area contributed by atoms with Crippen LogP contribution in [0, 0.1) is 0 Å². The van der Waals surface area contributed by atoms with E-state index in [9.17, 15) is 4.79 Å². The lowest BCUT2D eigenvalue weighted by Crippen LogP contribution is -2.31. The van der Waals surface area contributed by atoms with Crippen molar-refractivity contribution in [1.82, 2.24) is 20.3 Å². The van der Waals surface area contributed by atoms with Gasteiger partial charge in [0, 0.05) is 30.4 Å². The molecule has 1 aliphatic rings. The molecule has 0 radical (unpaired) electrons. The van der Waals surface area contributed by atoms with E-state index in [0.29, 0.717) is 41.7 Å². The van der Waals surface area contributed by atoms with Crippen molar-refractivity contribution in [2.75, 3.05) is 26.4 Å². The van der Waals surface area contributed by atoms with Gasteiger partial charge in [-0.15, -0.1) is 0 Å². The Morgan fingerprint density at radius 2 is 2.07 bits per heavy atom. The Morgan fingerprint density at radius 1 is 1.17 bits per heavy atom. The third kappa shape index (κ3) is 3.93. The molecule has 0 saturated carbocycles. The highest BCUT2D eigenvalue weighted by Crippen LogP contribution is 2.32. The number of benzene rings is 1. The van der Waals surface area contributed by atoms with Crippen LogP contribution >= 0.6 is 0 Å². The monoisotopic (exact) mass is 394 g/mol. The molecule has 1 amide bonds. The highest BCUT2D eigenvalue weighted by atomic mass is 16.5. The fraction of sp³-hybridized carbons (Fsp3) is 0.286. The zero-order valence-electron chi connectivity index (χ0n) is 16.1. The van der Waals surface area contributed by atoms with Crippen molar-refractivity contribution >= 4 is 5.91 Å². The van der Waals surface area contributed by atoms with E-state index >= 15 is 0 Å². The molecule has 8 heteroatoms. The number of nitrogens with zero attached hydrogens (tertiary/aromatic N) is 2.